The standard InChI is InChI=1S/C13H17N3O3S/c1-2-14-10-3-4-12(16(18)19)11(9-10)13(17)15-5-7-20-8-6-15/h3-4,9,14H,2,5-8H2,1H3. The Hall–Kier alpha value is -1.76. The molecule has 0 aromatic heterocycles. The van der Waals surface area contributed by atoms with E-state index in [1.165, 1.54) is 6.07 Å². The molecule has 108 valence electrons. The lowest BCUT2D eigenvalue weighted by atomic mass is 10.1. The summed E-state index contributed by atoms with van der Waals surface area (Å²) in [6.45, 7) is 3.93. The third-order valence-corrected chi connectivity index (χ3v) is 4.05. The van der Waals surface area contributed by atoms with Crippen molar-refractivity contribution in [2.24, 2.45) is 0 Å². The van der Waals surface area contributed by atoms with E-state index >= 15 is 0 Å². The van der Waals surface area contributed by atoms with Crippen molar-refractivity contribution in [2.45, 2.75) is 6.92 Å². The zero-order valence-electron chi connectivity index (χ0n) is 11.3. The summed E-state index contributed by atoms with van der Waals surface area (Å²) in [5.74, 6) is 1.51. The van der Waals surface area contributed by atoms with Gasteiger partial charge < -0.3 is 10.2 Å². The largest absolute Gasteiger partial charge is 0.385 e. The fourth-order valence-corrected chi connectivity index (χ4v) is 3.02. The summed E-state index contributed by atoms with van der Waals surface area (Å²) in [5, 5.41) is 14.2. The van der Waals surface area contributed by atoms with Crippen molar-refractivity contribution >= 4 is 29.0 Å². The third kappa shape index (κ3) is 3.22. The van der Waals surface area contributed by atoms with E-state index in [2.05, 4.69) is 5.32 Å². The molecule has 1 heterocycles. The van der Waals surface area contributed by atoms with E-state index in [0.717, 1.165) is 17.2 Å². The molecule has 0 atom stereocenters. The number of carbonyl (C=O) groups is 1. The van der Waals surface area contributed by atoms with Crippen LogP contribution in [0.3, 0.4) is 0 Å². The van der Waals surface area contributed by atoms with Crippen LogP contribution in [0.4, 0.5) is 11.4 Å². The maximum Gasteiger partial charge on any atom is 0.282 e. The topological polar surface area (TPSA) is 75.5 Å². The lowest BCUT2D eigenvalue weighted by Gasteiger charge is -2.26. The third-order valence-electron chi connectivity index (χ3n) is 3.10. The first kappa shape index (κ1) is 14.6. The van der Waals surface area contributed by atoms with E-state index in [1.807, 2.05) is 6.92 Å². The molecule has 1 aromatic rings. The van der Waals surface area contributed by atoms with Crippen LogP contribution in [0, 0.1) is 10.1 Å². The Balaban J connectivity index is 2.32. The highest BCUT2D eigenvalue weighted by molar-refractivity contribution is 7.99. The van der Waals surface area contributed by atoms with Gasteiger partial charge in [-0.2, -0.15) is 11.8 Å². The second-order valence-electron chi connectivity index (χ2n) is 4.42. The molecule has 1 saturated heterocycles. The molecule has 20 heavy (non-hydrogen) atoms. The van der Waals surface area contributed by atoms with Gasteiger partial charge in [0.15, 0.2) is 0 Å². The molecule has 1 N–H and O–H groups in total. The fourth-order valence-electron chi connectivity index (χ4n) is 2.12. The minimum absolute atomic E-state index is 0.130. The van der Waals surface area contributed by atoms with Crippen molar-refractivity contribution in [3.63, 3.8) is 0 Å². The number of thioether (sulfide) groups is 1. The van der Waals surface area contributed by atoms with Crippen LogP contribution in [0.5, 0.6) is 0 Å². The van der Waals surface area contributed by atoms with Gasteiger partial charge in [-0.3, -0.25) is 14.9 Å². The molecule has 0 bridgehead atoms. The van der Waals surface area contributed by atoms with Gasteiger partial charge in [-0.25, -0.2) is 0 Å². The molecule has 7 heteroatoms. The monoisotopic (exact) mass is 295 g/mol. The zero-order valence-corrected chi connectivity index (χ0v) is 12.1. The highest BCUT2D eigenvalue weighted by atomic mass is 32.2. The van der Waals surface area contributed by atoms with Crippen molar-refractivity contribution in [1.29, 1.82) is 0 Å². The van der Waals surface area contributed by atoms with Crippen LogP contribution in [0.2, 0.25) is 0 Å². The van der Waals surface area contributed by atoms with Crippen LogP contribution in [0.1, 0.15) is 17.3 Å². The van der Waals surface area contributed by atoms with E-state index in [-0.39, 0.29) is 17.2 Å². The van der Waals surface area contributed by atoms with Gasteiger partial charge in [0.25, 0.3) is 11.6 Å². The molecular formula is C13H17N3O3S. The van der Waals surface area contributed by atoms with Gasteiger partial charge in [-0.05, 0) is 19.1 Å². The molecule has 0 spiro atoms. The summed E-state index contributed by atoms with van der Waals surface area (Å²) in [4.78, 5) is 24.7. The molecule has 1 fully saturated rings. The first-order chi connectivity index (χ1) is 9.63. The minimum atomic E-state index is -0.498. The first-order valence-electron chi connectivity index (χ1n) is 6.52. The number of benzene rings is 1. The lowest BCUT2D eigenvalue weighted by molar-refractivity contribution is -0.385. The van der Waals surface area contributed by atoms with E-state index in [9.17, 15) is 14.9 Å². The summed E-state index contributed by atoms with van der Waals surface area (Å²) < 4.78 is 0. The summed E-state index contributed by atoms with van der Waals surface area (Å²) in [6, 6.07) is 4.60. The van der Waals surface area contributed by atoms with Crippen molar-refractivity contribution in [3.05, 3.63) is 33.9 Å². The zero-order chi connectivity index (χ0) is 14.5. The van der Waals surface area contributed by atoms with Gasteiger partial charge in [0, 0.05) is 42.9 Å². The summed E-state index contributed by atoms with van der Waals surface area (Å²) in [6.07, 6.45) is 0. The molecule has 1 aliphatic rings. The number of rotatable bonds is 4. The molecule has 6 nitrogen and oxygen atoms in total. The van der Waals surface area contributed by atoms with Gasteiger partial charge in [0.2, 0.25) is 0 Å². The van der Waals surface area contributed by atoms with Crippen LogP contribution in [-0.2, 0) is 0 Å². The fraction of sp³-hybridized carbons (Fsp3) is 0.462. The average Bonchev–Trinajstić information content (AvgIpc) is 2.47. The van der Waals surface area contributed by atoms with E-state index in [0.29, 0.717) is 19.6 Å². The number of amides is 1. The van der Waals surface area contributed by atoms with Crippen LogP contribution in [0.25, 0.3) is 0 Å². The molecule has 1 amide bonds. The van der Waals surface area contributed by atoms with Gasteiger partial charge >= 0.3 is 0 Å². The van der Waals surface area contributed by atoms with Gasteiger partial charge in [-0.15, -0.1) is 0 Å². The molecule has 0 saturated carbocycles. The normalized spacial score (nSPS) is 14.9. The highest BCUT2D eigenvalue weighted by Crippen LogP contribution is 2.25. The molecule has 1 aliphatic heterocycles. The predicted octanol–water partition coefficient (Wildman–Crippen LogP) is 2.22. The maximum absolute atomic E-state index is 12.5. The molecule has 1 aromatic carbocycles. The minimum Gasteiger partial charge on any atom is -0.385 e. The molecule has 0 aliphatic carbocycles. The quantitative estimate of drug-likeness (QED) is 0.681. The van der Waals surface area contributed by atoms with Crippen LogP contribution in [-0.4, -0.2) is 46.9 Å². The van der Waals surface area contributed by atoms with Gasteiger partial charge in [0.1, 0.15) is 5.56 Å². The average molecular weight is 295 g/mol. The Morgan fingerprint density at radius 1 is 1.45 bits per heavy atom. The number of nitro benzene ring substituents is 1. The Bertz CT molecular complexity index is 516. The maximum atomic E-state index is 12.5. The number of nitrogens with one attached hydrogen (secondary N) is 1. The first-order valence-corrected chi connectivity index (χ1v) is 7.68. The molecule has 0 unspecified atom stereocenters. The second-order valence-corrected chi connectivity index (χ2v) is 5.65. The summed E-state index contributed by atoms with van der Waals surface area (Å²) in [5.41, 5.74) is 0.767. The summed E-state index contributed by atoms with van der Waals surface area (Å²) in [7, 11) is 0. The van der Waals surface area contributed by atoms with Crippen molar-refractivity contribution in [1.82, 2.24) is 4.90 Å². The van der Waals surface area contributed by atoms with Crippen LogP contribution in [0.15, 0.2) is 18.2 Å². The number of hydrogen-bond donors (Lipinski definition) is 1. The van der Waals surface area contributed by atoms with Crippen molar-refractivity contribution in [3.8, 4) is 0 Å². The van der Waals surface area contributed by atoms with Crippen molar-refractivity contribution in [2.75, 3.05) is 36.5 Å². The Morgan fingerprint density at radius 3 is 2.75 bits per heavy atom. The van der Waals surface area contributed by atoms with Crippen LogP contribution < -0.4 is 5.32 Å². The van der Waals surface area contributed by atoms with Crippen molar-refractivity contribution < 1.29 is 9.72 Å². The Kier molecular flexibility index (Phi) is 4.84. The number of nitro groups is 1. The summed E-state index contributed by atoms with van der Waals surface area (Å²) >= 11 is 1.79. The lowest BCUT2D eigenvalue weighted by Crippen LogP contribution is -2.38. The second kappa shape index (κ2) is 6.60. The van der Waals surface area contributed by atoms with E-state index in [4.69, 9.17) is 0 Å². The number of anilines is 1. The van der Waals surface area contributed by atoms with Gasteiger partial charge in [-0.1, -0.05) is 0 Å². The number of carbonyl (C=O) groups excluding carboxylic acids is 1. The molecular weight excluding hydrogens is 278 g/mol. The smallest absolute Gasteiger partial charge is 0.282 e. The van der Waals surface area contributed by atoms with Crippen LogP contribution >= 0.6 is 11.8 Å². The number of nitrogens with zero attached hydrogens (tertiary/aromatic N) is 2. The Morgan fingerprint density at radius 2 is 2.15 bits per heavy atom. The highest BCUT2D eigenvalue weighted by Gasteiger charge is 2.26. The van der Waals surface area contributed by atoms with E-state index in [1.54, 1.807) is 28.8 Å². The SMILES string of the molecule is CCNc1ccc([N+](=O)[O-])c(C(=O)N2CCSCC2)c1. The molecule has 0 radical (unpaired) electrons. The van der Waals surface area contributed by atoms with Gasteiger partial charge in [0.05, 0.1) is 4.92 Å². The van der Waals surface area contributed by atoms with E-state index < -0.39 is 4.92 Å². The predicted molar refractivity (Wildman–Crippen MR) is 80.5 cm³/mol. The number of hydrogen-bond acceptors (Lipinski definition) is 5. The molecule has 2 rings (SSSR count). The Labute approximate surface area is 121 Å².